The van der Waals surface area contributed by atoms with E-state index < -0.39 is 0 Å². The third kappa shape index (κ3) is 1.92. The standard InChI is InChI=1S/C14H18ClN3/c1-17-6-5-16-9-14(17)13-8-10-7-11(15)3-4-12(10)18(13)2/h3-4,7-8,14,16H,5-6,9H2,1-2H3. The largest absolute Gasteiger partial charge is 0.346 e. The fourth-order valence-corrected chi connectivity index (χ4v) is 2.98. The van der Waals surface area contributed by atoms with Crippen LogP contribution >= 0.6 is 11.6 Å². The summed E-state index contributed by atoms with van der Waals surface area (Å²) in [6.45, 7) is 3.17. The molecule has 1 saturated heterocycles. The van der Waals surface area contributed by atoms with Crippen LogP contribution in [0.1, 0.15) is 11.7 Å². The van der Waals surface area contributed by atoms with Crippen LogP contribution in [0.25, 0.3) is 10.9 Å². The number of hydrogen-bond donors (Lipinski definition) is 1. The van der Waals surface area contributed by atoms with Gasteiger partial charge in [0.15, 0.2) is 0 Å². The monoisotopic (exact) mass is 263 g/mol. The highest BCUT2D eigenvalue weighted by Crippen LogP contribution is 2.28. The Bertz CT molecular complexity index is 576. The molecule has 3 rings (SSSR count). The Kier molecular flexibility index (Phi) is 3.06. The Morgan fingerprint density at radius 1 is 1.28 bits per heavy atom. The maximum atomic E-state index is 6.06. The molecule has 18 heavy (non-hydrogen) atoms. The van der Waals surface area contributed by atoms with Crippen molar-refractivity contribution in [3.05, 3.63) is 35.0 Å². The molecule has 1 fully saturated rings. The van der Waals surface area contributed by atoms with Crippen molar-refractivity contribution in [3.63, 3.8) is 0 Å². The number of nitrogens with one attached hydrogen (secondary N) is 1. The Hall–Kier alpha value is -1.03. The molecule has 1 aromatic carbocycles. The molecule has 1 aliphatic heterocycles. The fraction of sp³-hybridized carbons (Fsp3) is 0.429. The normalized spacial score (nSPS) is 21.6. The van der Waals surface area contributed by atoms with Gasteiger partial charge in [-0.3, -0.25) is 4.90 Å². The molecule has 1 atom stereocenters. The van der Waals surface area contributed by atoms with Gasteiger partial charge in [0.1, 0.15) is 0 Å². The molecule has 3 nitrogen and oxygen atoms in total. The molecule has 2 aromatic rings. The van der Waals surface area contributed by atoms with Gasteiger partial charge >= 0.3 is 0 Å². The average molecular weight is 264 g/mol. The van der Waals surface area contributed by atoms with Gasteiger partial charge in [0.25, 0.3) is 0 Å². The Morgan fingerprint density at radius 3 is 2.89 bits per heavy atom. The molecular weight excluding hydrogens is 246 g/mol. The Balaban J connectivity index is 2.08. The molecule has 0 spiro atoms. The van der Waals surface area contributed by atoms with E-state index in [1.54, 1.807) is 0 Å². The SMILES string of the molecule is CN1CCNCC1c1cc2cc(Cl)ccc2n1C. The smallest absolute Gasteiger partial charge is 0.0624 e. The van der Waals surface area contributed by atoms with E-state index in [0.29, 0.717) is 6.04 Å². The molecule has 4 heteroatoms. The topological polar surface area (TPSA) is 20.2 Å². The number of hydrogen-bond acceptors (Lipinski definition) is 2. The number of fused-ring (bicyclic) bond motifs is 1. The zero-order valence-electron chi connectivity index (χ0n) is 10.8. The van der Waals surface area contributed by atoms with Crippen LogP contribution in [0.3, 0.4) is 0 Å². The summed E-state index contributed by atoms with van der Waals surface area (Å²) in [6.07, 6.45) is 0. The molecule has 1 unspecified atom stereocenters. The molecule has 0 amide bonds. The summed E-state index contributed by atoms with van der Waals surface area (Å²) in [5.74, 6) is 0. The van der Waals surface area contributed by atoms with Gasteiger partial charge < -0.3 is 9.88 Å². The molecule has 1 N–H and O–H groups in total. The minimum atomic E-state index is 0.440. The second kappa shape index (κ2) is 4.57. The quantitative estimate of drug-likeness (QED) is 0.853. The lowest BCUT2D eigenvalue weighted by atomic mass is 10.1. The van der Waals surface area contributed by atoms with Crippen molar-refractivity contribution in [1.82, 2.24) is 14.8 Å². The molecule has 0 radical (unpaired) electrons. The first-order chi connectivity index (χ1) is 8.66. The average Bonchev–Trinajstić information content (AvgIpc) is 2.67. The summed E-state index contributed by atoms with van der Waals surface area (Å²) in [5, 5.41) is 5.49. The predicted octanol–water partition coefficient (Wildman–Crippen LogP) is 2.41. The van der Waals surface area contributed by atoms with Crippen LogP contribution in [0.4, 0.5) is 0 Å². The molecule has 1 aromatic heterocycles. The maximum Gasteiger partial charge on any atom is 0.0624 e. The lowest BCUT2D eigenvalue weighted by Crippen LogP contribution is -2.44. The fourth-order valence-electron chi connectivity index (χ4n) is 2.80. The van der Waals surface area contributed by atoms with Crippen molar-refractivity contribution < 1.29 is 0 Å². The van der Waals surface area contributed by atoms with Crippen molar-refractivity contribution in [2.24, 2.45) is 7.05 Å². The number of likely N-dealkylation sites (N-methyl/N-ethyl adjacent to an activating group) is 1. The first kappa shape index (κ1) is 12.0. The van der Waals surface area contributed by atoms with Gasteiger partial charge in [0.05, 0.1) is 6.04 Å². The highest BCUT2D eigenvalue weighted by Gasteiger charge is 2.23. The second-order valence-corrected chi connectivity index (χ2v) is 5.47. The van der Waals surface area contributed by atoms with Gasteiger partial charge in [-0.1, -0.05) is 11.6 Å². The summed E-state index contributed by atoms with van der Waals surface area (Å²) < 4.78 is 2.28. The van der Waals surface area contributed by atoms with Crippen molar-refractivity contribution in [2.45, 2.75) is 6.04 Å². The highest BCUT2D eigenvalue weighted by molar-refractivity contribution is 6.31. The van der Waals surface area contributed by atoms with Crippen LogP contribution in [0, 0.1) is 0 Å². The second-order valence-electron chi connectivity index (χ2n) is 5.03. The van der Waals surface area contributed by atoms with E-state index in [9.17, 15) is 0 Å². The van der Waals surface area contributed by atoms with E-state index in [2.05, 4.69) is 41.0 Å². The Labute approximate surface area is 112 Å². The summed E-state index contributed by atoms with van der Waals surface area (Å²) in [4.78, 5) is 2.41. The van der Waals surface area contributed by atoms with Crippen LogP contribution in [-0.2, 0) is 7.05 Å². The van der Waals surface area contributed by atoms with Gasteiger partial charge in [-0.2, -0.15) is 0 Å². The predicted molar refractivity (Wildman–Crippen MR) is 76.2 cm³/mol. The molecule has 0 aliphatic carbocycles. The number of benzene rings is 1. The maximum absolute atomic E-state index is 6.06. The van der Waals surface area contributed by atoms with Gasteiger partial charge in [-0.15, -0.1) is 0 Å². The Morgan fingerprint density at radius 2 is 2.11 bits per heavy atom. The molecule has 1 aliphatic rings. The summed E-state index contributed by atoms with van der Waals surface area (Å²) in [5.41, 5.74) is 2.59. The number of nitrogens with zero attached hydrogens (tertiary/aromatic N) is 2. The molecule has 2 heterocycles. The number of piperazine rings is 1. The zero-order valence-corrected chi connectivity index (χ0v) is 11.5. The van der Waals surface area contributed by atoms with E-state index in [4.69, 9.17) is 11.6 Å². The highest BCUT2D eigenvalue weighted by atomic mass is 35.5. The van der Waals surface area contributed by atoms with Crippen molar-refractivity contribution in [2.75, 3.05) is 26.7 Å². The summed E-state index contributed by atoms with van der Waals surface area (Å²) in [7, 11) is 4.32. The number of halogens is 1. The minimum absolute atomic E-state index is 0.440. The van der Waals surface area contributed by atoms with Gasteiger partial charge in [-0.05, 0) is 31.3 Å². The van der Waals surface area contributed by atoms with Gasteiger partial charge in [0, 0.05) is 48.3 Å². The molecule has 0 bridgehead atoms. The van der Waals surface area contributed by atoms with Gasteiger partial charge in [0.2, 0.25) is 0 Å². The van der Waals surface area contributed by atoms with Crippen molar-refractivity contribution in [1.29, 1.82) is 0 Å². The molecule has 96 valence electrons. The third-order valence-corrected chi connectivity index (χ3v) is 4.13. The van der Waals surface area contributed by atoms with E-state index in [0.717, 1.165) is 24.7 Å². The lowest BCUT2D eigenvalue weighted by Gasteiger charge is -2.33. The number of aromatic nitrogens is 1. The summed E-state index contributed by atoms with van der Waals surface area (Å²) >= 11 is 6.06. The zero-order chi connectivity index (χ0) is 12.7. The van der Waals surface area contributed by atoms with Crippen molar-refractivity contribution in [3.8, 4) is 0 Å². The number of aryl methyl sites for hydroxylation is 1. The van der Waals surface area contributed by atoms with E-state index in [-0.39, 0.29) is 0 Å². The first-order valence-corrected chi connectivity index (χ1v) is 6.70. The van der Waals surface area contributed by atoms with Crippen LogP contribution in [0.15, 0.2) is 24.3 Å². The minimum Gasteiger partial charge on any atom is -0.346 e. The third-order valence-electron chi connectivity index (χ3n) is 3.89. The van der Waals surface area contributed by atoms with Crippen LogP contribution in [0.2, 0.25) is 5.02 Å². The number of rotatable bonds is 1. The van der Waals surface area contributed by atoms with Crippen LogP contribution in [0.5, 0.6) is 0 Å². The van der Waals surface area contributed by atoms with E-state index in [1.807, 2.05) is 12.1 Å². The van der Waals surface area contributed by atoms with Crippen LogP contribution < -0.4 is 5.32 Å². The molecular formula is C14H18ClN3. The molecule has 0 saturated carbocycles. The van der Waals surface area contributed by atoms with E-state index >= 15 is 0 Å². The first-order valence-electron chi connectivity index (χ1n) is 6.32. The summed E-state index contributed by atoms with van der Waals surface area (Å²) in [6, 6.07) is 8.79. The lowest BCUT2D eigenvalue weighted by molar-refractivity contribution is 0.196. The van der Waals surface area contributed by atoms with Crippen LogP contribution in [-0.4, -0.2) is 36.1 Å². The van der Waals surface area contributed by atoms with Gasteiger partial charge in [-0.25, -0.2) is 0 Å². The van der Waals surface area contributed by atoms with Crippen molar-refractivity contribution >= 4 is 22.5 Å². The van der Waals surface area contributed by atoms with E-state index in [1.165, 1.54) is 16.6 Å².